The second-order valence-electron chi connectivity index (χ2n) is 6.60. The van der Waals surface area contributed by atoms with Crippen LogP contribution in [0.3, 0.4) is 0 Å². The maximum atomic E-state index is 12.4. The van der Waals surface area contributed by atoms with Gasteiger partial charge in [-0.2, -0.15) is 5.10 Å². The van der Waals surface area contributed by atoms with E-state index >= 15 is 0 Å². The number of carbonyl (C=O) groups is 1. The number of fused-ring (bicyclic) bond motifs is 1. The van der Waals surface area contributed by atoms with Crippen molar-refractivity contribution in [1.82, 2.24) is 25.4 Å². The fraction of sp³-hybridized carbons (Fsp3) is 0.316. The lowest BCUT2D eigenvalue weighted by molar-refractivity contribution is 0.0950. The van der Waals surface area contributed by atoms with Crippen molar-refractivity contribution in [1.29, 1.82) is 0 Å². The van der Waals surface area contributed by atoms with Crippen molar-refractivity contribution in [2.45, 2.75) is 6.54 Å². The van der Waals surface area contributed by atoms with Gasteiger partial charge >= 0.3 is 0 Å². The molecule has 1 fully saturated rings. The number of H-pyrrole nitrogens is 1. The molecule has 0 spiro atoms. The molecular formula is C19H22N6O. The molecule has 134 valence electrons. The van der Waals surface area contributed by atoms with E-state index in [0.717, 1.165) is 37.3 Å². The van der Waals surface area contributed by atoms with Crippen molar-refractivity contribution in [3.05, 3.63) is 53.9 Å². The van der Waals surface area contributed by atoms with Crippen LogP contribution in [-0.2, 0) is 6.54 Å². The van der Waals surface area contributed by atoms with Gasteiger partial charge in [0, 0.05) is 49.0 Å². The molecule has 2 N–H and O–H groups in total. The Labute approximate surface area is 152 Å². The highest BCUT2D eigenvalue weighted by molar-refractivity contribution is 5.94. The molecule has 3 heterocycles. The first kappa shape index (κ1) is 16.5. The lowest BCUT2D eigenvalue weighted by atomic mass is 10.1. The molecule has 0 bridgehead atoms. The number of anilines is 1. The van der Waals surface area contributed by atoms with Crippen molar-refractivity contribution in [2.75, 3.05) is 38.1 Å². The largest absolute Gasteiger partial charge is 0.369 e. The molecule has 7 nitrogen and oxygen atoms in total. The molecule has 7 heteroatoms. The minimum Gasteiger partial charge on any atom is -0.369 e. The number of nitrogens with one attached hydrogen (secondary N) is 2. The average Bonchev–Trinajstić information content (AvgIpc) is 3.10. The number of aromatic nitrogens is 3. The second-order valence-corrected chi connectivity index (χ2v) is 6.60. The van der Waals surface area contributed by atoms with Crippen LogP contribution in [0.4, 0.5) is 5.69 Å². The van der Waals surface area contributed by atoms with Gasteiger partial charge in [0.05, 0.1) is 12.2 Å². The van der Waals surface area contributed by atoms with Gasteiger partial charge in [-0.1, -0.05) is 0 Å². The van der Waals surface area contributed by atoms with Crippen LogP contribution in [0, 0.1) is 0 Å². The number of likely N-dealkylation sites (N-methyl/N-ethyl adjacent to an activating group) is 1. The molecule has 26 heavy (non-hydrogen) atoms. The van der Waals surface area contributed by atoms with E-state index in [1.807, 2.05) is 36.4 Å². The Hall–Kier alpha value is -2.93. The number of aromatic amines is 1. The zero-order valence-electron chi connectivity index (χ0n) is 14.8. The predicted molar refractivity (Wildman–Crippen MR) is 101 cm³/mol. The molecule has 1 aromatic carbocycles. The molecule has 1 aliphatic rings. The highest BCUT2D eigenvalue weighted by Crippen LogP contribution is 2.17. The highest BCUT2D eigenvalue weighted by atomic mass is 16.1. The number of benzene rings is 1. The van der Waals surface area contributed by atoms with E-state index in [2.05, 4.69) is 37.3 Å². The van der Waals surface area contributed by atoms with Crippen molar-refractivity contribution in [3.8, 4) is 0 Å². The Kier molecular flexibility index (Phi) is 4.53. The van der Waals surface area contributed by atoms with E-state index in [1.165, 1.54) is 5.69 Å². The Balaban J connectivity index is 1.39. The molecule has 0 atom stereocenters. The number of pyridine rings is 1. The van der Waals surface area contributed by atoms with Crippen LogP contribution in [0.2, 0.25) is 0 Å². The summed E-state index contributed by atoms with van der Waals surface area (Å²) in [5, 5.41) is 10.9. The maximum Gasteiger partial charge on any atom is 0.251 e. The summed E-state index contributed by atoms with van der Waals surface area (Å²) in [6.07, 6.45) is 1.70. The summed E-state index contributed by atoms with van der Waals surface area (Å²) in [5.41, 5.74) is 3.34. The first-order valence-corrected chi connectivity index (χ1v) is 8.80. The number of piperazine rings is 1. The molecule has 2 aromatic heterocycles. The van der Waals surface area contributed by atoms with Crippen molar-refractivity contribution < 1.29 is 4.79 Å². The molecule has 0 saturated carbocycles. The van der Waals surface area contributed by atoms with E-state index in [-0.39, 0.29) is 5.91 Å². The summed E-state index contributed by atoms with van der Waals surface area (Å²) in [7, 11) is 2.14. The van der Waals surface area contributed by atoms with Gasteiger partial charge in [0.1, 0.15) is 0 Å². The molecule has 1 aliphatic heterocycles. The standard InChI is InChI=1S/C19H22N6O/c1-24-9-11-25(12-10-24)15-6-4-14(5-7-15)19(26)21-13-17-16-3-2-8-20-18(16)23-22-17/h2-8H,9-13H2,1H3,(H,21,26)(H,20,22,23). The van der Waals surface area contributed by atoms with E-state index in [1.54, 1.807) is 6.20 Å². The van der Waals surface area contributed by atoms with Crippen LogP contribution in [0.25, 0.3) is 11.0 Å². The molecule has 0 unspecified atom stereocenters. The lowest BCUT2D eigenvalue weighted by Crippen LogP contribution is -2.44. The molecule has 0 aliphatic carbocycles. The Morgan fingerprint density at radius 1 is 1.15 bits per heavy atom. The van der Waals surface area contributed by atoms with E-state index in [9.17, 15) is 4.79 Å². The lowest BCUT2D eigenvalue weighted by Gasteiger charge is -2.34. The minimum absolute atomic E-state index is 0.0958. The zero-order valence-corrected chi connectivity index (χ0v) is 14.8. The van der Waals surface area contributed by atoms with Crippen LogP contribution >= 0.6 is 0 Å². The molecule has 4 rings (SSSR count). The highest BCUT2D eigenvalue weighted by Gasteiger charge is 2.15. The number of rotatable bonds is 4. The van der Waals surface area contributed by atoms with Crippen LogP contribution in [0.1, 0.15) is 16.1 Å². The SMILES string of the molecule is CN1CCN(c2ccc(C(=O)NCc3[nH]nc4ncccc34)cc2)CC1. The van der Waals surface area contributed by atoms with Gasteiger partial charge in [0.15, 0.2) is 5.65 Å². The Morgan fingerprint density at radius 2 is 1.92 bits per heavy atom. The third-order valence-corrected chi connectivity index (χ3v) is 4.83. The van der Waals surface area contributed by atoms with Crippen molar-refractivity contribution in [2.24, 2.45) is 0 Å². The van der Waals surface area contributed by atoms with Gasteiger partial charge < -0.3 is 15.1 Å². The van der Waals surface area contributed by atoms with E-state index < -0.39 is 0 Å². The van der Waals surface area contributed by atoms with Gasteiger partial charge in [-0.25, -0.2) is 4.98 Å². The molecule has 0 radical (unpaired) electrons. The predicted octanol–water partition coefficient (Wildman–Crippen LogP) is 1.64. The first-order chi connectivity index (χ1) is 12.7. The number of nitrogens with zero attached hydrogens (tertiary/aromatic N) is 4. The maximum absolute atomic E-state index is 12.4. The fourth-order valence-electron chi connectivity index (χ4n) is 3.20. The van der Waals surface area contributed by atoms with Gasteiger partial charge in [0.2, 0.25) is 0 Å². The number of hydrogen-bond donors (Lipinski definition) is 2. The summed E-state index contributed by atoms with van der Waals surface area (Å²) in [5.74, 6) is -0.0958. The summed E-state index contributed by atoms with van der Waals surface area (Å²) in [6, 6.07) is 11.6. The minimum atomic E-state index is -0.0958. The summed E-state index contributed by atoms with van der Waals surface area (Å²) in [6.45, 7) is 4.55. The Bertz CT molecular complexity index is 896. The summed E-state index contributed by atoms with van der Waals surface area (Å²) < 4.78 is 0. The smallest absolute Gasteiger partial charge is 0.251 e. The van der Waals surface area contributed by atoms with Gasteiger partial charge in [-0.05, 0) is 43.4 Å². The summed E-state index contributed by atoms with van der Waals surface area (Å²) >= 11 is 0. The summed E-state index contributed by atoms with van der Waals surface area (Å²) in [4.78, 5) is 21.3. The van der Waals surface area contributed by atoms with E-state index in [4.69, 9.17) is 0 Å². The normalized spacial score (nSPS) is 15.3. The van der Waals surface area contributed by atoms with Crippen LogP contribution in [0.5, 0.6) is 0 Å². The van der Waals surface area contributed by atoms with Crippen molar-refractivity contribution >= 4 is 22.6 Å². The number of amides is 1. The van der Waals surface area contributed by atoms with Gasteiger partial charge in [-0.3, -0.25) is 9.89 Å². The molecule has 1 saturated heterocycles. The Morgan fingerprint density at radius 3 is 2.69 bits per heavy atom. The van der Waals surface area contributed by atoms with E-state index in [0.29, 0.717) is 17.8 Å². The molecule has 3 aromatic rings. The zero-order chi connectivity index (χ0) is 17.9. The quantitative estimate of drug-likeness (QED) is 0.748. The average molecular weight is 350 g/mol. The molecular weight excluding hydrogens is 328 g/mol. The van der Waals surface area contributed by atoms with Gasteiger partial charge in [-0.15, -0.1) is 0 Å². The monoisotopic (exact) mass is 350 g/mol. The topological polar surface area (TPSA) is 77.1 Å². The number of hydrogen-bond acceptors (Lipinski definition) is 5. The van der Waals surface area contributed by atoms with Crippen LogP contribution in [0.15, 0.2) is 42.6 Å². The fourth-order valence-corrected chi connectivity index (χ4v) is 3.20. The first-order valence-electron chi connectivity index (χ1n) is 8.80. The second kappa shape index (κ2) is 7.13. The third kappa shape index (κ3) is 3.39. The van der Waals surface area contributed by atoms with Crippen LogP contribution in [-0.4, -0.2) is 59.2 Å². The van der Waals surface area contributed by atoms with Crippen molar-refractivity contribution in [3.63, 3.8) is 0 Å². The molecule has 1 amide bonds. The van der Waals surface area contributed by atoms with Crippen LogP contribution < -0.4 is 10.2 Å². The third-order valence-electron chi connectivity index (χ3n) is 4.83. The number of carbonyl (C=O) groups excluding carboxylic acids is 1. The van der Waals surface area contributed by atoms with Gasteiger partial charge in [0.25, 0.3) is 5.91 Å².